The summed E-state index contributed by atoms with van der Waals surface area (Å²) in [6.45, 7) is 4.08. The molecule has 1 aliphatic rings. The molecule has 1 heterocycles. The Hall–Kier alpha value is -2.89. The average Bonchev–Trinajstić information content (AvgIpc) is 2.94. The van der Waals surface area contributed by atoms with E-state index < -0.39 is 0 Å². The molecular weight excluding hydrogens is 296 g/mol. The summed E-state index contributed by atoms with van der Waals surface area (Å²) in [6.07, 6.45) is 0. The molecule has 0 saturated carbocycles. The van der Waals surface area contributed by atoms with E-state index in [9.17, 15) is 10.2 Å². The van der Waals surface area contributed by atoms with E-state index in [1.165, 1.54) is 6.07 Å². The lowest BCUT2D eigenvalue weighted by Crippen LogP contribution is -2.13. The van der Waals surface area contributed by atoms with Crippen molar-refractivity contribution >= 4 is 11.5 Å². The number of ether oxygens (including phenoxy) is 2. The van der Waals surface area contributed by atoms with Gasteiger partial charge in [-0.25, -0.2) is 4.99 Å². The van der Waals surface area contributed by atoms with E-state index in [0.29, 0.717) is 28.3 Å². The lowest BCUT2D eigenvalue weighted by molar-refractivity contribution is 0.174. The van der Waals surface area contributed by atoms with Gasteiger partial charge in [0.25, 0.3) is 0 Å². The number of aliphatic imine (C=N–C) groups is 1. The smallest absolute Gasteiger partial charge is 0.231 e. The normalized spacial score (nSPS) is 13.6. The maximum Gasteiger partial charge on any atom is 0.231 e. The topological polar surface area (TPSA) is 97.3 Å². The van der Waals surface area contributed by atoms with E-state index in [2.05, 4.69) is 4.99 Å². The van der Waals surface area contributed by atoms with Crippen LogP contribution in [0.15, 0.2) is 35.3 Å². The van der Waals surface area contributed by atoms with Crippen LogP contribution in [0.3, 0.4) is 0 Å². The second-order valence-electron chi connectivity index (χ2n) is 5.62. The average molecular weight is 314 g/mol. The third kappa shape index (κ3) is 2.88. The van der Waals surface area contributed by atoms with Gasteiger partial charge in [-0.05, 0) is 29.7 Å². The van der Waals surface area contributed by atoms with Crippen LogP contribution in [0.1, 0.15) is 30.9 Å². The molecule has 0 radical (unpaired) electrons. The molecule has 6 nitrogen and oxygen atoms in total. The van der Waals surface area contributed by atoms with Crippen LogP contribution in [0, 0.1) is 0 Å². The van der Waals surface area contributed by atoms with Gasteiger partial charge in [0.05, 0.1) is 11.3 Å². The molecule has 0 amide bonds. The Morgan fingerprint density at radius 1 is 1.09 bits per heavy atom. The number of aromatic hydroxyl groups is 2. The van der Waals surface area contributed by atoms with E-state index in [1.54, 1.807) is 24.3 Å². The summed E-state index contributed by atoms with van der Waals surface area (Å²) in [6, 6.07) is 8.16. The minimum absolute atomic E-state index is 0.0390. The Bertz CT molecular complexity index is 784. The second-order valence-corrected chi connectivity index (χ2v) is 5.62. The first-order valence-corrected chi connectivity index (χ1v) is 7.25. The molecule has 0 aromatic heterocycles. The van der Waals surface area contributed by atoms with Gasteiger partial charge in [0.1, 0.15) is 17.3 Å². The number of benzene rings is 2. The zero-order chi connectivity index (χ0) is 16.6. The van der Waals surface area contributed by atoms with Gasteiger partial charge in [0.2, 0.25) is 6.79 Å². The predicted molar refractivity (Wildman–Crippen MR) is 86.8 cm³/mol. The van der Waals surface area contributed by atoms with Gasteiger partial charge in [0, 0.05) is 12.1 Å². The van der Waals surface area contributed by atoms with Crippen molar-refractivity contribution in [2.24, 2.45) is 10.7 Å². The predicted octanol–water partition coefficient (Wildman–Crippen LogP) is 2.99. The fourth-order valence-corrected chi connectivity index (χ4v) is 2.42. The number of amidine groups is 1. The van der Waals surface area contributed by atoms with Gasteiger partial charge in [0.15, 0.2) is 11.5 Å². The summed E-state index contributed by atoms with van der Waals surface area (Å²) in [4.78, 5) is 4.31. The summed E-state index contributed by atoms with van der Waals surface area (Å²) in [5.41, 5.74) is 7.69. The largest absolute Gasteiger partial charge is 0.508 e. The third-order valence-electron chi connectivity index (χ3n) is 3.65. The number of rotatable bonds is 3. The molecule has 4 N–H and O–H groups in total. The molecule has 0 atom stereocenters. The van der Waals surface area contributed by atoms with Crippen molar-refractivity contribution < 1.29 is 19.7 Å². The van der Waals surface area contributed by atoms with Crippen LogP contribution in [0.5, 0.6) is 23.0 Å². The van der Waals surface area contributed by atoms with Crippen molar-refractivity contribution in [2.75, 3.05) is 6.79 Å². The van der Waals surface area contributed by atoms with Crippen LogP contribution < -0.4 is 15.2 Å². The summed E-state index contributed by atoms with van der Waals surface area (Å²) >= 11 is 0. The molecule has 0 unspecified atom stereocenters. The second kappa shape index (κ2) is 5.72. The molecule has 0 saturated heterocycles. The van der Waals surface area contributed by atoms with Crippen molar-refractivity contribution in [1.29, 1.82) is 0 Å². The molecule has 2 aromatic carbocycles. The molecule has 120 valence electrons. The Morgan fingerprint density at radius 3 is 2.57 bits per heavy atom. The quantitative estimate of drug-likeness (QED) is 0.597. The molecule has 3 rings (SSSR count). The van der Waals surface area contributed by atoms with Gasteiger partial charge < -0.3 is 25.4 Å². The van der Waals surface area contributed by atoms with Crippen LogP contribution in [-0.4, -0.2) is 22.8 Å². The van der Waals surface area contributed by atoms with Crippen molar-refractivity contribution in [3.05, 3.63) is 41.5 Å². The molecule has 0 spiro atoms. The van der Waals surface area contributed by atoms with Crippen molar-refractivity contribution in [3.8, 4) is 23.0 Å². The number of fused-ring (bicyclic) bond motifs is 1. The number of hydrogen-bond acceptors (Lipinski definition) is 5. The van der Waals surface area contributed by atoms with E-state index in [4.69, 9.17) is 15.2 Å². The number of nitrogens with two attached hydrogens (primary N) is 1. The van der Waals surface area contributed by atoms with Gasteiger partial charge >= 0.3 is 0 Å². The highest BCUT2D eigenvalue weighted by Gasteiger charge is 2.16. The Labute approximate surface area is 133 Å². The standard InChI is InChI=1S/C17H18N2O4/c1-9(2)11-6-12(14(21)7-13(11)20)17(18)19-10-3-4-15-16(5-10)23-8-22-15/h3-7,9,20-21H,8H2,1-2H3,(H2,18,19). The molecule has 0 fully saturated rings. The van der Waals surface area contributed by atoms with Crippen molar-refractivity contribution in [3.63, 3.8) is 0 Å². The van der Waals surface area contributed by atoms with Crippen LogP contribution in [-0.2, 0) is 0 Å². The monoisotopic (exact) mass is 314 g/mol. The van der Waals surface area contributed by atoms with E-state index in [1.807, 2.05) is 13.8 Å². The van der Waals surface area contributed by atoms with Crippen molar-refractivity contribution in [2.45, 2.75) is 19.8 Å². The Kier molecular flexibility index (Phi) is 3.73. The van der Waals surface area contributed by atoms with Gasteiger partial charge in [-0.15, -0.1) is 0 Å². The zero-order valence-electron chi connectivity index (χ0n) is 12.9. The van der Waals surface area contributed by atoms with Gasteiger partial charge in [-0.2, -0.15) is 0 Å². The highest BCUT2D eigenvalue weighted by atomic mass is 16.7. The van der Waals surface area contributed by atoms with Gasteiger partial charge in [-0.3, -0.25) is 0 Å². The maximum absolute atomic E-state index is 10.0. The first kappa shape index (κ1) is 15.0. The van der Waals surface area contributed by atoms with Crippen LogP contribution in [0.25, 0.3) is 0 Å². The number of phenolic OH excluding ortho intramolecular Hbond substituents is 2. The summed E-state index contributed by atoms with van der Waals surface area (Å²) in [7, 11) is 0. The summed E-state index contributed by atoms with van der Waals surface area (Å²) in [5.74, 6) is 1.44. The summed E-state index contributed by atoms with van der Waals surface area (Å²) < 4.78 is 10.5. The lowest BCUT2D eigenvalue weighted by Gasteiger charge is -2.12. The maximum atomic E-state index is 10.0. The minimum Gasteiger partial charge on any atom is -0.508 e. The number of phenols is 2. The SMILES string of the molecule is CC(C)c1cc(C(N)=Nc2ccc3c(c2)OCO3)c(O)cc1O. The third-order valence-corrected chi connectivity index (χ3v) is 3.65. The molecule has 2 aromatic rings. The highest BCUT2D eigenvalue weighted by Crippen LogP contribution is 2.36. The molecule has 0 aliphatic carbocycles. The first-order valence-electron chi connectivity index (χ1n) is 7.25. The molecule has 0 bridgehead atoms. The lowest BCUT2D eigenvalue weighted by atomic mass is 9.98. The van der Waals surface area contributed by atoms with Crippen LogP contribution >= 0.6 is 0 Å². The molecule has 23 heavy (non-hydrogen) atoms. The molecule has 1 aliphatic heterocycles. The van der Waals surface area contributed by atoms with Crippen molar-refractivity contribution in [1.82, 2.24) is 0 Å². The molecular formula is C17H18N2O4. The van der Waals surface area contributed by atoms with E-state index in [-0.39, 0.29) is 30.0 Å². The Balaban J connectivity index is 1.99. The van der Waals surface area contributed by atoms with E-state index in [0.717, 1.165) is 0 Å². The number of hydrogen-bond donors (Lipinski definition) is 3. The zero-order valence-corrected chi connectivity index (χ0v) is 12.9. The number of nitrogens with zero attached hydrogens (tertiary/aromatic N) is 1. The van der Waals surface area contributed by atoms with E-state index >= 15 is 0 Å². The van der Waals surface area contributed by atoms with Gasteiger partial charge in [-0.1, -0.05) is 13.8 Å². The highest BCUT2D eigenvalue weighted by molar-refractivity contribution is 6.01. The van der Waals surface area contributed by atoms with Crippen LogP contribution in [0.4, 0.5) is 5.69 Å². The molecule has 6 heteroatoms. The first-order chi connectivity index (χ1) is 11.0. The Morgan fingerprint density at radius 2 is 1.83 bits per heavy atom. The minimum atomic E-state index is -0.117. The fraction of sp³-hybridized carbons (Fsp3) is 0.235. The fourth-order valence-electron chi connectivity index (χ4n) is 2.42. The summed E-state index contributed by atoms with van der Waals surface area (Å²) in [5, 5.41) is 19.9. The van der Waals surface area contributed by atoms with Crippen LogP contribution in [0.2, 0.25) is 0 Å².